The van der Waals surface area contributed by atoms with Gasteiger partial charge in [0.25, 0.3) is 5.91 Å². The molecule has 0 saturated carbocycles. The van der Waals surface area contributed by atoms with E-state index in [0.717, 1.165) is 11.1 Å². The van der Waals surface area contributed by atoms with Gasteiger partial charge in [-0.2, -0.15) is 5.10 Å². The third-order valence-electron chi connectivity index (χ3n) is 5.91. The number of nitrogens with one attached hydrogen (secondary N) is 1. The second kappa shape index (κ2) is 12.5. The van der Waals surface area contributed by atoms with Gasteiger partial charge in [0, 0.05) is 67.9 Å². The van der Waals surface area contributed by atoms with E-state index in [4.69, 9.17) is 4.74 Å². The number of halogens is 1. The molecular weight excluding hydrogens is 515 g/mol. The van der Waals surface area contributed by atoms with E-state index >= 15 is 0 Å². The van der Waals surface area contributed by atoms with Gasteiger partial charge in [-0.25, -0.2) is 9.18 Å². The van der Waals surface area contributed by atoms with Crippen LogP contribution >= 0.6 is 0 Å². The number of ether oxygens (including phenoxy) is 1. The van der Waals surface area contributed by atoms with Crippen LogP contribution in [0.3, 0.4) is 0 Å². The zero-order valence-electron chi connectivity index (χ0n) is 22.1. The third kappa shape index (κ3) is 6.57. The van der Waals surface area contributed by atoms with Gasteiger partial charge in [0.2, 0.25) is 0 Å². The molecule has 2 aromatic heterocycles. The SMILES string of the molecule is CCN(/C=C(\C=O)C(=O)Nc1ccc(Oc2ccncc2-c2cnn(C)c2)cc1)C(=O)N(C)c1ccc(F)cc1. The first-order valence-electron chi connectivity index (χ1n) is 12.3. The smallest absolute Gasteiger partial charge is 0.328 e. The van der Waals surface area contributed by atoms with E-state index in [0.29, 0.717) is 29.2 Å². The molecule has 0 spiro atoms. The van der Waals surface area contributed by atoms with Crippen LogP contribution in [0.15, 0.2) is 91.2 Å². The van der Waals surface area contributed by atoms with Crippen molar-refractivity contribution >= 4 is 29.6 Å². The van der Waals surface area contributed by atoms with Crippen molar-refractivity contribution in [2.45, 2.75) is 6.92 Å². The number of nitrogens with zero attached hydrogens (tertiary/aromatic N) is 5. The minimum absolute atomic E-state index is 0.192. The third-order valence-corrected chi connectivity index (χ3v) is 5.91. The number of urea groups is 1. The molecule has 2 aromatic carbocycles. The second-order valence-corrected chi connectivity index (χ2v) is 8.66. The number of hydrogen-bond acceptors (Lipinski definition) is 6. The zero-order chi connectivity index (χ0) is 28.6. The van der Waals surface area contributed by atoms with Crippen molar-refractivity contribution in [2.75, 3.05) is 23.8 Å². The van der Waals surface area contributed by atoms with Crippen molar-refractivity contribution < 1.29 is 23.5 Å². The van der Waals surface area contributed by atoms with E-state index in [1.165, 1.54) is 47.3 Å². The molecule has 40 heavy (non-hydrogen) atoms. The quantitative estimate of drug-likeness (QED) is 0.138. The predicted octanol–water partition coefficient (Wildman–Crippen LogP) is 5.01. The van der Waals surface area contributed by atoms with E-state index in [2.05, 4.69) is 15.4 Å². The van der Waals surface area contributed by atoms with E-state index in [9.17, 15) is 18.8 Å². The number of aryl methyl sites for hydroxylation is 1. The number of rotatable bonds is 9. The average Bonchev–Trinajstić information content (AvgIpc) is 3.40. The Morgan fingerprint density at radius 1 is 1.07 bits per heavy atom. The standard InChI is InChI=1S/C29H27FN6O4/c1-4-36(29(39)35(3)24-9-5-22(30)6-10-24)18-21(19-37)28(38)33-23-7-11-25(12-8-23)40-27-13-14-31-16-26(27)20-15-32-34(2)17-20/h5-19H,4H2,1-3H3,(H,33,38)/b21-18+. The average molecular weight is 543 g/mol. The molecule has 204 valence electrons. The molecule has 0 aliphatic carbocycles. The van der Waals surface area contributed by atoms with Crippen molar-refractivity contribution in [2.24, 2.45) is 7.05 Å². The summed E-state index contributed by atoms with van der Waals surface area (Å²) in [6.07, 6.45) is 8.45. The Bertz CT molecular complexity index is 1530. The first-order valence-corrected chi connectivity index (χ1v) is 12.3. The van der Waals surface area contributed by atoms with Gasteiger partial charge in [0.05, 0.1) is 11.8 Å². The Hall–Kier alpha value is -5.32. The Morgan fingerprint density at radius 2 is 1.80 bits per heavy atom. The highest BCUT2D eigenvalue weighted by atomic mass is 19.1. The van der Waals surface area contributed by atoms with Crippen LogP contribution in [0.5, 0.6) is 11.5 Å². The normalized spacial score (nSPS) is 11.1. The molecular formula is C29H27FN6O4. The largest absolute Gasteiger partial charge is 0.457 e. The monoisotopic (exact) mass is 542 g/mol. The molecule has 0 aliphatic rings. The topological polar surface area (TPSA) is 110 Å². The molecule has 2 heterocycles. The molecule has 1 N–H and O–H groups in total. The number of aromatic nitrogens is 3. The van der Waals surface area contributed by atoms with Crippen LogP contribution in [-0.4, -0.2) is 51.5 Å². The molecule has 4 aromatic rings. The number of carbonyl (C=O) groups is 3. The molecule has 0 saturated heterocycles. The van der Waals surface area contributed by atoms with Crippen molar-refractivity contribution in [3.63, 3.8) is 0 Å². The number of aldehydes is 1. The summed E-state index contributed by atoms with van der Waals surface area (Å²) in [5.41, 5.74) is 2.25. The Kier molecular flexibility index (Phi) is 8.65. The first-order chi connectivity index (χ1) is 19.3. The number of benzene rings is 2. The molecule has 4 rings (SSSR count). The van der Waals surface area contributed by atoms with E-state index in [1.54, 1.807) is 60.5 Å². The van der Waals surface area contributed by atoms with Crippen molar-refractivity contribution in [1.29, 1.82) is 0 Å². The van der Waals surface area contributed by atoms with E-state index < -0.39 is 17.8 Å². The second-order valence-electron chi connectivity index (χ2n) is 8.66. The van der Waals surface area contributed by atoms with E-state index in [-0.39, 0.29) is 12.1 Å². The fourth-order valence-electron chi connectivity index (χ4n) is 3.74. The van der Waals surface area contributed by atoms with Gasteiger partial charge in [0.1, 0.15) is 17.3 Å². The summed E-state index contributed by atoms with van der Waals surface area (Å²) in [5.74, 6) is -0.0106. The van der Waals surface area contributed by atoms with Crippen LogP contribution in [0.25, 0.3) is 11.1 Å². The maximum Gasteiger partial charge on any atom is 0.328 e. The van der Waals surface area contributed by atoms with Crippen LogP contribution in [0.1, 0.15) is 6.92 Å². The molecule has 0 radical (unpaired) electrons. The highest BCUT2D eigenvalue weighted by molar-refractivity contribution is 6.16. The number of pyridine rings is 1. The summed E-state index contributed by atoms with van der Waals surface area (Å²) in [7, 11) is 3.34. The maximum atomic E-state index is 13.2. The van der Waals surface area contributed by atoms with Crippen molar-refractivity contribution in [1.82, 2.24) is 19.7 Å². The Labute approximate surface area is 230 Å². The molecule has 10 nitrogen and oxygen atoms in total. The lowest BCUT2D eigenvalue weighted by Gasteiger charge is -2.25. The zero-order valence-corrected chi connectivity index (χ0v) is 22.1. The summed E-state index contributed by atoms with van der Waals surface area (Å²) in [6, 6.07) is 13.2. The van der Waals surface area contributed by atoms with Gasteiger partial charge in [-0.3, -0.25) is 24.2 Å². The summed E-state index contributed by atoms with van der Waals surface area (Å²) in [5, 5.41) is 6.84. The van der Waals surface area contributed by atoms with Gasteiger partial charge in [-0.1, -0.05) is 0 Å². The van der Waals surface area contributed by atoms with Crippen molar-refractivity contribution in [3.05, 3.63) is 97.0 Å². The lowest BCUT2D eigenvalue weighted by Crippen LogP contribution is -2.38. The molecule has 0 fully saturated rings. The van der Waals surface area contributed by atoms with Gasteiger partial charge in [0.15, 0.2) is 6.29 Å². The fraction of sp³-hybridized carbons (Fsp3) is 0.138. The summed E-state index contributed by atoms with van der Waals surface area (Å²) in [4.78, 5) is 44.2. The summed E-state index contributed by atoms with van der Waals surface area (Å²) < 4.78 is 21.0. The van der Waals surface area contributed by atoms with Crippen LogP contribution in [-0.2, 0) is 16.6 Å². The molecule has 0 atom stereocenters. The predicted molar refractivity (Wildman–Crippen MR) is 148 cm³/mol. The van der Waals surface area contributed by atoms with Crippen LogP contribution < -0.4 is 15.0 Å². The van der Waals surface area contributed by atoms with Crippen LogP contribution in [0.4, 0.5) is 20.6 Å². The summed E-state index contributed by atoms with van der Waals surface area (Å²) >= 11 is 0. The highest BCUT2D eigenvalue weighted by Gasteiger charge is 2.19. The first kappa shape index (κ1) is 27.7. The van der Waals surface area contributed by atoms with E-state index in [1.807, 2.05) is 13.2 Å². The number of carbonyl (C=O) groups excluding carboxylic acids is 3. The van der Waals surface area contributed by atoms with Crippen LogP contribution in [0, 0.1) is 5.82 Å². The summed E-state index contributed by atoms with van der Waals surface area (Å²) in [6.45, 7) is 1.89. The number of amides is 3. The number of hydrogen-bond donors (Lipinski definition) is 1. The highest BCUT2D eigenvalue weighted by Crippen LogP contribution is 2.32. The van der Waals surface area contributed by atoms with Crippen molar-refractivity contribution in [3.8, 4) is 22.6 Å². The minimum atomic E-state index is -0.688. The Morgan fingerprint density at radius 3 is 2.42 bits per heavy atom. The maximum absolute atomic E-state index is 13.2. The minimum Gasteiger partial charge on any atom is -0.457 e. The molecule has 3 amide bonds. The molecule has 0 aliphatic heterocycles. The van der Waals surface area contributed by atoms with Gasteiger partial charge in [-0.05, 0) is 61.5 Å². The molecule has 0 bridgehead atoms. The lowest BCUT2D eigenvalue weighted by atomic mass is 10.1. The van der Waals surface area contributed by atoms with Gasteiger partial charge < -0.3 is 15.0 Å². The molecule has 11 heteroatoms. The Balaban J connectivity index is 1.44. The van der Waals surface area contributed by atoms with Gasteiger partial charge in [-0.15, -0.1) is 0 Å². The van der Waals surface area contributed by atoms with Gasteiger partial charge >= 0.3 is 6.03 Å². The lowest BCUT2D eigenvalue weighted by molar-refractivity contribution is -0.115. The van der Waals surface area contributed by atoms with Crippen LogP contribution in [0.2, 0.25) is 0 Å². The fourth-order valence-corrected chi connectivity index (χ4v) is 3.74. The molecule has 0 unspecified atom stereocenters. The number of anilines is 2.